The van der Waals surface area contributed by atoms with Gasteiger partial charge in [-0.15, -0.1) is 23.5 Å². The summed E-state index contributed by atoms with van der Waals surface area (Å²) in [6.07, 6.45) is 8.11. The molecule has 0 bridgehead atoms. The number of carbonyl (C=O) groups is 2. The highest BCUT2D eigenvalue weighted by Crippen LogP contribution is 2.39. The second-order valence-electron chi connectivity index (χ2n) is 5.36. The Morgan fingerprint density at radius 2 is 1.80 bits per heavy atom. The zero-order chi connectivity index (χ0) is 17.9. The van der Waals surface area contributed by atoms with Crippen LogP contribution >= 0.6 is 23.5 Å². The number of benzene rings is 1. The lowest BCUT2D eigenvalue weighted by Gasteiger charge is -2.03. The second-order valence-corrected chi connectivity index (χ2v) is 7.83. The number of ketones is 1. The van der Waals surface area contributed by atoms with E-state index >= 15 is 0 Å². The number of carbonyl (C=O) groups excluding carboxylic acids is 2. The van der Waals surface area contributed by atoms with Crippen LogP contribution in [0.25, 0.3) is 6.08 Å². The van der Waals surface area contributed by atoms with Gasteiger partial charge in [0.15, 0.2) is 5.78 Å². The Morgan fingerprint density at radius 3 is 2.48 bits per heavy atom. The van der Waals surface area contributed by atoms with Crippen molar-refractivity contribution in [2.24, 2.45) is 0 Å². The molecule has 0 radical (unpaired) electrons. The van der Waals surface area contributed by atoms with E-state index in [9.17, 15) is 9.59 Å². The molecule has 0 aliphatic carbocycles. The lowest BCUT2D eigenvalue weighted by molar-refractivity contribution is -0.137. The molecule has 1 fully saturated rings. The molecule has 25 heavy (non-hydrogen) atoms. The minimum atomic E-state index is -0.403. The molecule has 1 aromatic carbocycles. The van der Waals surface area contributed by atoms with Crippen molar-refractivity contribution in [3.8, 4) is 0 Å². The molecule has 0 amide bonds. The van der Waals surface area contributed by atoms with Gasteiger partial charge in [-0.25, -0.2) is 4.79 Å². The van der Waals surface area contributed by atoms with Crippen molar-refractivity contribution in [2.75, 3.05) is 18.1 Å². The minimum absolute atomic E-state index is 0.0987. The van der Waals surface area contributed by atoms with Crippen molar-refractivity contribution >= 4 is 41.4 Å². The van der Waals surface area contributed by atoms with Gasteiger partial charge in [-0.2, -0.15) is 0 Å². The third-order valence-electron chi connectivity index (χ3n) is 3.39. The first-order valence-corrected chi connectivity index (χ1v) is 10.3. The first kappa shape index (κ1) is 19.6. The maximum Gasteiger partial charge on any atom is 0.330 e. The average Bonchev–Trinajstić information content (AvgIpc) is 3.15. The summed E-state index contributed by atoms with van der Waals surface area (Å²) in [5.41, 5.74) is 1.53. The number of esters is 1. The molecule has 0 aromatic heterocycles. The highest BCUT2D eigenvalue weighted by molar-refractivity contribution is 8.25. The van der Waals surface area contributed by atoms with Crippen molar-refractivity contribution in [1.29, 1.82) is 0 Å². The van der Waals surface area contributed by atoms with Crippen LogP contribution in [-0.4, -0.2) is 29.9 Å². The molecule has 1 aliphatic heterocycles. The van der Waals surface area contributed by atoms with E-state index in [-0.39, 0.29) is 5.78 Å². The topological polar surface area (TPSA) is 43.4 Å². The van der Waals surface area contributed by atoms with E-state index in [1.54, 1.807) is 41.8 Å². The molecule has 1 aliphatic rings. The Morgan fingerprint density at radius 1 is 1.08 bits per heavy atom. The smallest absolute Gasteiger partial charge is 0.330 e. The van der Waals surface area contributed by atoms with Gasteiger partial charge in [-0.3, -0.25) is 4.79 Å². The standard InChI is InChI=1S/C20H22O3S2/c1-2-3-13-23-19(22)12-10-17(20-24-14-15-25-20)18(21)11-9-16-7-5-4-6-8-16/h4-12H,2-3,13-15H2,1H3/b11-9+,12-10+. The summed E-state index contributed by atoms with van der Waals surface area (Å²) in [5.74, 6) is 1.46. The summed E-state index contributed by atoms with van der Waals surface area (Å²) in [7, 11) is 0. The van der Waals surface area contributed by atoms with Crippen LogP contribution < -0.4 is 0 Å². The van der Waals surface area contributed by atoms with Crippen LogP contribution in [0.15, 0.2) is 58.4 Å². The molecule has 1 aromatic rings. The fourth-order valence-electron chi connectivity index (χ4n) is 2.06. The van der Waals surface area contributed by atoms with Crippen LogP contribution in [0.2, 0.25) is 0 Å². The monoisotopic (exact) mass is 374 g/mol. The van der Waals surface area contributed by atoms with Crippen molar-refractivity contribution in [3.05, 3.63) is 63.9 Å². The van der Waals surface area contributed by atoms with E-state index in [1.165, 1.54) is 6.08 Å². The molecule has 0 unspecified atom stereocenters. The Kier molecular flexibility index (Phi) is 8.63. The van der Waals surface area contributed by atoms with Crippen LogP contribution in [0.4, 0.5) is 0 Å². The predicted octanol–water partition coefficient (Wildman–Crippen LogP) is 4.86. The third-order valence-corrected chi connectivity index (χ3v) is 6.14. The highest BCUT2D eigenvalue weighted by Gasteiger charge is 2.17. The summed E-state index contributed by atoms with van der Waals surface area (Å²) >= 11 is 3.32. The van der Waals surface area contributed by atoms with Gasteiger partial charge in [0.1, 0.15) is 0 Å². The lowest BCUT2D eigenvalue weighted by Crippen LogP contribution is -2.03. The normalized spacial score (nSPS) is 14.4. The fraction of sp³-hybridized carbons (Fsp3) is 0.300. The molecular formula is C20H22O3S2. The van der Waals surface area contributed by atoms with Gasteiger partial charge in [0, 0.05) is 23.2 Å². The number of hydrogen-bond donors (Lipinski definition) is 0. The third kappa shape index (κ3) is 6.96. The maximum absolute atomic E-state index is 12.6. The number of allylic oxidation sites excluding steroid dienone is 3. The Hall–Kier alpha value is -1.72. The highest BCUT2D eigenvalue weighted by atomic mass is 32.2. The minimum Gasteiger partial charge on any atom is -0.463 e. The van der Waals surface area contributed by atoms with Crippen LogP contribution in [0.1, 0.15) is 25.3 Å². The summed E-state index contributed by atoms with van der Waals surface area (Å²) in [6.45, 7) is 2.45. The maximum atomic E-state index is 12.6. The van der Waals surface area contributed by atoms with E-state index in [0.717, 1.165) is 34.1 Å². The quantitative estimate of drug-likeness (QED) is 0.369. The van der Waals surface area contributed by atoms with E-state index in [4.69, 9.17) is 4.74 Å². The SMILES string of the molecule is CCCCOC(=O)/C=C/C(C(=O)/C=C/c1ccccc1)=C1SCCS1. The molecule has 0 N–H and O–H groups in total. The van der Waals surface area contributed by atoms with Crippen molar-refractivity contribution in [3.63, 3.8) is 0 Å². The zero-order valence-electron chi connectivity index (χ0n) is 14.3. The number of hydrogen-bond acceptors (Lipinski definition) is 5. The number of rotatable bonds is 8. The first-order valence-electron chi connectivity index (χ1n) is 8.33. The predicted molar refractivity (Wildman–Crippen MR) is 107 cm³/mol. The van der Waals surface area contributed by atoms with Gasteiger partial charge in [0.2, 0.25) is 0 Å². The molecule has 1 heterocycles. The largest absolute Gasteiger partial charge is 0.463 e. The van der Waals surface area contributed by atoms with Gasteiger partial charge < -0.3 is 4.74 Å². The molecule has 3 nitrogen and oxygen atoms in total. The van der Waals surface area contributed by atoms with Gasteiger partial charge in [0.25, 0.3) is 0 Å². The molecule has 0 saturated carbocycles. The Balaban J connectivity index is 2.08. The van der Waals surface area contributed by atoms with Crippen LogP contribution in [0.3, 0.4) is 0 Å². The number of ether oxygens (including phenoxy) is 1. The van der Waals surface area contributed by atoms with E-state index in [0.29, 0.717) is 12.2 Å². The number of unbranched alkanes of at least 4 members (excludes halogenated alkanes) is 1. The van der Waals surface area contributed by atoms with Crippen LogP contribution in [0, 0.1) is 0 Å². The Bertz CT molecular complexity index is 667. The molecule has 1 saturated heterocycles. The van der Waals surface area contributed by atoms with Gasteiger partial charge >= 0.3 is 5.97 Å². The van der Waals surface area contributed by atoms with Crippen molar-refractivity contribution in [2.45, 2.75) is 19.8 Å². The van der Waals surface area contributed by atoms with E-state index in [2.05, 4.69) is 0 Å². The van der Waals surface area contributed by atoms with Gasteiger partial charge in [0.05, 0.1) is 10.8 Å². The lowest BCUT2D eigenvalue weighted by atomic mass is 10.1. The average molecular weight is 375 g/mol. The van der Waals surface area contributed by atoms with Crippen LogP contribution in [-0.2, 0) is 14.3 Å². The summed E-state index contributed by atoms with van der Waals surface area (Å²) < 4.78 is 6.09. The number of thioether (sulfide) groups is 2. The van der Waals surface area contributed by atoms with Gasteiger partial charge in [-0.05, 0) is 24.1 Å². The Labute approximate surface area is 157 Å². The van der Waals surface area contributed by atoms with E-state index < -0.39 is 5.97 Å². The molecule has 132 valence electrons. The van der Waals surface area contributed by atoms with Gasteiger partial charge in [-0.1, -0.05) is 49.8 Å². The molecular weight excluding hydrogens is 352 g/mol. The molecule has 0 spiro atoms. The molecule has 5 heteroatoms. The van der Waals surface area contributed by atoms with E-state index in [1.807, 2.05) is 37.3 Å². The first-order chi connectivity index (χ1) is 12.2. The zero-order valence-corrected chi connectivity index (χ0v) is 15.9. The summed E-state index contributed by atoms with van der Waals surface area (Å²) in [5, 5.41) is 0. The van der Waals surface area contributed by atoms with Crippen molar-refractivity contribution in [1.82, 2.24) is 0 Å². The summed E-state index contributed by atoms with van der Waals surface area (Å²) in [4.78, 5) is 24.4. The fourth-order valence-corrected chi connectivity index (χ4v) is 4.58. The summed E-state index contributed by atoms with van der Waals surface area (Å²) in [6, 6.07) is 9.68. The van der Waals surface area contributed by atoms with Crippen molar-refractivity contribution < 1.29 is 14.3 Å². The van der Waals surface area contributed by atoms with Crippen LogP contribution in [0.5, 0.6) is 0 Å². The molecule has 0 atom stereocenters. The molecule has 2 rings (SSSR count). The second kappa shape index (κ2) is 11.0.